The van der Waals surface area contributed by atoms with Gasteiger partial charge in [-0.05, 0) is 43.2 Å². The molecule has 0 unspecified atom stereocenters. The van der Waals surface area contributed by atoms with E-state index in [1.54, 1.807) is 25.1 Å². The number of ether oxygens (including phenoxy) is 1. The molecule has 1 fully saturated rings. The van der Waals surface area contributed by atoms with Crippen LogP contribution in [0.2, 0.25) is 0 Å². The van der Waals surface area contributed by atoms with Gasteiger partial charge >= 0.3 is 12.0 Å². The SMILES string of the molecule is CCOC(=O)c1ccc(N2CCCN(C(=O)c3ccc(CNC(N)=O)cc3)CC2)nc1. The number of nitrogens with one attached hydrogen (secondary N) is 1. The summed E-state index contributed by atoms with van der Waals surface area (Å²) in [4.78, 5) is 43.8. The molecule has 1 saturated heterocycles. The summed E-state index contributed by atoms with van der Waals surface area (Å²) in [6, 6.07) is 10.1. The number of amides is 3. The number of pyridine rings is 1. The molecule has 164 valence electrons. The number of carbonyl (C=O) groups excluding carboxylic acids is 3. The number of urea groups is 1. The highest BCUT2D eigenvalue weighted by atomic mass is 16.5. The minimum atomic E-state index is -0.584. The van der Waals surface area contributed by atoms with Crippen molar-refractivity contribution in [2.45, 2.75) is 19.9 Å². The second-order valence-electron chi connectivity index (χ2n) is 7.17. The van der Waals surface area contributed by atoms with Crippen LogP contribution in [0.15, 0.2) is 42.6 Å². The molecule has 0 saturated carbocycles. The molecule has 9 nitrogen and oxygen atoms in total. The van der Waals surface area contributed by atoms with Crippen LogP contribution < -0.4 is 16.0 Å². The number of aromatic nitrogens is 1. The summed E-state index contributed by atoms with van der Waals surface area (Å²) in [5, 5.41) is 2.52. The van der Waals surface area contributed by atoms with Crippen LogP contribution in [-0.2, 0) is 11.3 Å². The van der Waals surface area contributed by atoms with Crippen LogP contribution in [0.5, 0.6) is 0 Å². The Labute approximate surface area is 181 Å². The zero-order valence-electron chi connectivity index (χ0n) is 17.5. The fourth-order valence-corrected chi connectivity index (χ4v) is 3.39. The van der Waals surface area contributed by atoms with Crippen LogP contribution in [0.25, 0.3) is 0 Å². The first kappa shape index (κ1) is 22.1. The molecule has 31 heavy (non-hydrogen) atoms. The van der Waals surface area contributed by atoms with Gasteiger partial charge in [-0.15, -0.1) is 0 Å². The number of anilines is 1. The van der Waals surface area contributed by atoms with E-state index in [9.17, 15) is 14.4 Å². The Balaban J connectivity index is 1.58. The Morgan fingerprint density at radius 1 is 1.03 bits per heavy atom. The van der Waals surface area contributed by atoms with Crippen molar-refractivity contribution in [1.82, 2.24) is 15.2 Å². The summed E-state index contributed by atoms with van der Waals surface area (Å²) < 4.78 is 4.99. The van der Waals surface area contributed by atoms with E-state index < -0.39 is 6.03 Å². The van der Waals surface area contributed by atoms with Gasteiger partial charge in [0.15, 0.2) is 0 Å². The molecule has 1 aliphatic heterocycles. The van der Waals surface area contributed by atoms with Gasteiger partial charge in [0, 0.05) is 44.5 Å². The largest absolute Gasteiger partial charge is 0.462 e. The van der Waals surface area contributed by atoms with Gasteiger partial charge in [-0.2, -0.15) is 0 Å². The smallest absolute Gasteiger partial charge is 0.339 e. The summed E-state index contributed by atoms with van der Waals surface area (Å²) in [5.41, 5.74) is 6.97. The van der Waals surface area contributed by atoms with Gasteiger partial charge in [-0.1, -0.05) is 12.1 Å². The Kier molecular flexibility index (Phi) is 7.42. The van der Waals surface area contributed by atoms with Crippen molar-refractivity contribution >= 4 is 23.7 Å². The zero-order valence-corrected chi connectivity index (χ0v) is 17.5. The van der Waals surface area contributed by atoms with Crippen molar-refractivity contribution in [3.63, 3.8) is 0 Å². The molecule has 0 spiro atoms. The number of nitrogens with two attached hydrogens (primary N) is 1. The molecule has 9 heteroatoms. The van der Waals surface area contributed by atoms with Crippen LogP contribution in [0, 0.1) is 0 Å². The second-order valence-corrected chi connectivity index (χ2v) is 7.17. The molecule has 2 heterocycles. The van der Waals surface area contributed by atoms with Gasteiger partial charge in [-0.25, -0.2) is 14.6 Å². The minimum Gasteiger partial charge on any atom is -0.462 e. The molecular weight excluding hydrogens is 398 g/mol. The molecule has 0 aliphatic carbocycles. The predicted molar refractivity (Wildman–Crippen MR) is 116 cm³/mol. The number of carbonyl (C=O) groups is 3. The predicted octanol–water partition coefficient (Wildman–Crippen LogP) is 1.78. The van der Waals surface area contributed by atoms with Crippen molar-refractivity contribution in [2.24, 2.45) is 5.73 Å². The standard InChI is InChI=1S/C22H27N5O4/c1-2-31-21(29)18-8-9-19(24-15-18)26-10-3-11-27(13-12-26)20(28)17-6-4-16(5-7-17)14-25-22(23)30/h4-9,15H,2-3,10-14H2,1H3,(H3,23,25,30). The number of benzene rings is 1. The molecule has 0 bridgehead atoms. The van der Waals surface area contributed by atoms with Crippen LogP contribution in [0.1, 0.15) is 39.6 Å². The summed E-state index contributed by atoms with van der Waals surface area (Å²) in [5.74, 6) is 0.362. The van der Waals surface area contributed by atoms with Crippen LogP contribution in [0.3, 0.4) is 0 Å². The number of hydrogen-bond donors (Lipinski definition) is 2. The number of esters is 1. The van der Waals surface area contributed by atoms with E-state index >= 15 is 0 Å². The van der Waals surface area contributed by atoms with Crippen molar-refractivity contribution in [2.75, 3.05) is 37.7 Å². The topological polar surface area (TPSA) is 118 Å². The van der Waals surface area contributed by atoms with Gasteiger partial charge in [-0.3, -0.25) is 4.79 Å². The third-order valence-electron chi connectivity index (χ3n) is 5.03. The van der Waals surface area contributed by atoms with Crippen LogP contribution >= 0.6 is 0 Å². The molecule has 0 atom stereocenters. The molecule has 3 amide bonds. The summed E-state index contributed by atoms with van der Waals surface area (Å²) >= 11 is 0. The third-order valence-corrected chi connectivity index (χ3v) is 5.03. The highest BCUT2D eigenvalue weighted by Crippen LogP contribution is 2.16. The van der Waals surface area contributed by atoms with E-state index in [0.717, 1.165) is 24.3 Å². The average molecular weight is 425 g/mol. The minimum absolute atomic E-state index is 0.0260. The maximum absolute atomic E-state index is 12.9. The lowest BCUT2D eigenvalue weighted by Crippen LogP contribution is -2.35. The van der Waals surface area contributed by atoms with E-state index in [2.05, 4.69) is 15.2 Å². The monoisotopic (exact) mass is 425 g/mol. The van der Waals surface area contributed by atoms with E-state index in [1.807, 2.05) is 23.1 Å². The molecule has 3 rings (SSSR count). The van der Waals surface area contributed by atoms with Gasteiger partial charge in [0.25, 0.3) is 5.91 Å². The number of nitrogens with zero attached hydrogens (tertiary/aromatic N) is 3. The molecular formula is C22H27N5O4. The average Bonchev–Trinajstić information content (AvgIpc) is 3.04. The third kappa shape index (κ3) is 5.94. The molecule has 0 radical (unpaired) electrons. The van der Waals surface area contributed by atoms with Crippen molar-refractivity contribution in [1.29, 1.82) is 0 Å². The molecule has 2 aromatic rings. The summed E-state index contributed by atoms with van der Waals surface area (Å²) in [6.07, 6.45) is 2.34. The van der Waals surface area contributed by atoms with Gasteiger partial charge in [0.1, 0.15) is 5.82 Å². The van der Waals surface area contributed by atoms with E-state index in [0.29, 0.717) is 43.9 Å². The molecule has 1 aromatic carbocycles. The van der Waals surface area contributed by atoms with Gasteiger partial charge in [0.2, 0.25) is 0 Å². The molecule has 1 aromatic heterocycles. The fraction of sp³-hybridized carbons (Fsp3) is 0.364. The van der Waals surface area contributed by atoms with Crippen LogP contribution in [-0.4, -0.2) is 60.6 Å². The zero-order chi connectivity index (χ0) is 22.2. The summed E-state index contributed by atoms with van der Waals surface area (Å²) in [7, 11) is 0. The van der Waals surface area contributed by atoms with E-state index in [4.69, 9.17) is 10.5 Å². The number of hydrogen-bond acceptors (Lipinski definition) is 6. The Morgan fingerprint density at radius 3 is 2.42 bits per heavy atom. The Hall–Kier alpha value is -3.62. The number of rotatable bonds is 6. The first-order chi connectivity index (χ1) is 15.0. The highest BCUT2D eigenvalue weighted by Gasteiger charge is 2.21. The fourth-order valence-electron chi connectivity index (χ4n) is 3.39. The highest BCUT2D eigenvalue weighted by molar-refractivity contribution is 5.94. The lowest BCUT2D eigenvalue weighted by atomic mass is 10.1. The maximum atomic E-state index is 12.9. The molecule has 1 aliphatic rings. The maximum Gasteiger partial charge on any atom is 0.339 e. The first-order valence-electron chi connectivity index (χ1n) is 10.3. The normalized spacial score (nSPS) is 14.0. The number of primary amides is 1. The lowest BCUT2D eigenvalue weighted by molar-refractivity contribution is 0.0525. The second kappa shape index (κ2) is 10.4. The van der Waals surface area contributed by atoms with Crippen molar-refractivity contribution < 1.29 is 19.1 Å². The quantitative estimate of drug-likeness (QED) is 0.681. The van der Waals surface area contributed by atoms with Gasteiger partial charge in [0.05, 0.1) is 12.2 Å². The van der Waals surface area contributed by atoms with Gasteiger partial charge < -0.3 is 25.6 Å². The van der Waals surface area contributed by atoms with Crippen LogP contribution in [0.4, 0.5) is 10.6 Å². The summed E-state index contributed by atoms with van der Waals surface area (Å²) in [6.45, 7) is 5.06. The molecule has 3 N–H and O–H groups in total. The first-order valence-corrected chi connectivity index (χ1v) is 10.3. The Morgan fingerprint density at radius 2 is 1.77 bits per heavy atom. The van der Waals surface area contributed by atoms with E-state index in [1.165, 1.54) is 6.20 Å². The Bertz CT molecular complexity index is 915. The van der Waals surface area contributed by atoms with E-state index in [-0.39, 0.29) is 11.9 Å². The van der Waals surface area contributed by atoms with Crippen molar-refractivity contribution in [3.8, 4) is 0 Å². The lowest BCUT2D eigenvalue weighted by Gasteiger charge is -2.23. The van der Waals surface area contributed by atoms with Crippen molar-refractivity contribution in [3.05, 3.63) is 59.3 Å².